The SMILES string of the molecule is CCCN1CCC(N(C)S(=O)(=O)c2ccc(Br)s2)CC1. The summed E-state index contributed by atoms with van der Waals surface area (Å²) in [4.78, 5) is 2.42. The zero-order valence-electron chi connectivity index (χ0n) is 11.9. The lowest BCUT2D eigenvalue weighted by molar-refractivity contribution is 0.170. The Bertz CT molecular complexity index is 536. The lowest BCUT2D eigenvalue weighted by atomic mass is 10.1. The first-order valence-corrected chi connectivity index (χ1v) is 9.96. The van der Waals surface area contributed by atoms with Gasteiger partial charge in [0.2, 0.25) is 0 Å². The van der Waals surface area contributed by atoms with Gasteiger partial charge in [-0.3, -0.25) is 0 Å². The summed E-state index contributed by atoms with van der Waals surface area (Å²) in [5.74, 6) is 0. The van der Waals surface area contributed by atoms with Gasteiger partial charge in [-0.25, -0.2) is 8.42 Å². The topological polar surface area (TPSA) is 40.6 Å². The number of hydrogen-bond donors (Lipinski definition) is 0. The molecule has 0 N–H and O–H groups in total. The minimum absolute atomic E-state index is 0.119. The van der Waals surface area contributed by atoms with E-state index in [1.165, 1.54) is 11.3 Å². The smallest absolute Gasteiger partial charge is 0.252 e. The molecule has 1 aliphatic heterocycles. The van der Waals surface area contributed by atoms with Gasteiger partial charge in [-0.15, -0.1) is 11.3 Å². The molecule has 0 atom stereocenters. The second kappa shape index (κ2) is 6.87. The first-order valence-electron chi connectivity index (χ1n) is 6.91. The van der Waals surface area contributed by atoms with E-state index in [9.17, 15) is 8.42 Å². The third-order valence-corrected chi connectivity index (χ3v) is 7.79. The van der Waals surface area contributed by atoms with Crippen molar-refractivity contribution < 1.29 is 8.42 Å². The predicted octanol–water partition coefficient (Wildman–Crippen LogP) is 3.01. The van der Waals surface area contributed by atoms with Crippen molar-refractivity contribution in [3.05, 3.63) is 15.9 Å². The fraction of sp³-hybridized carbons (Fsp3) is 0.692. The summed E-state index contributed by atoms with van der Waals surface area (Å²) in [5.41, 5.74) is 0. The first kappa shape index (κ1) is 16.4. The van der Waals surface area contributed by atoms with Crippen LogP contribution >= 0.6 is 27.3 Å². The molecule has 0 unspecified atom stereocenters. The zero-order valence-corrected chi connectivity index (χ0v) is 15.1. The highest BCUT2D eigenvalue weighted by molar-refractivity contribution is 9.11. The van der Waals surface area contributed by atoms with Gasteiger partial charge in [-0.2, -0.15) is 4.31 Å². The average molecular weight is 381 g/mol. The van der Waals surface area contributed by atoms with Crippen LogP contribution in [0, 0.1) is 0 Å². The minimum atomic E-state index is -3.34. The van der Waals surface area contributed by atoms with Crippen molar-refractivity contribution in [1.29, 1.82) is 0 Å². The van der Waals surface area contributed by atoms with Gasteiger partial charge in [0.25, 0.3) is 10.0 Å². The highest BCUT2D eigenvalue weighted by Gasteiger charge is 2.31. The Morgan fingerprint density at radius 1 is 1.40 bits per heavy atom. The van der Waals surface area contributed by atoms with Gasteiger partial charge in [0.15, 0.2) is 0 Å². The number of sulfonamides is 1. The summed E-state index contributed by atoms with van der Waals surface area (Å²) >= 11 is 4.60. The number of likely N-dealkylation sites (tertiary alicyclic amines) is 1. The number of hydrogen-bond acceptors (Lipinski definition) is 4. The van der Waals surface area contributed by atoms with Gasteiger partial charge in [0.05, 0.1) is 3.79 Å². The molecule has 0 radical (unpaired) electrons. The van der Waals surface area contributed by atoms with Crippen LogP contribution in [0.4, 0.5) is 0 Å². The number of halogens is 1. The number of rotatable bonds is 5. The maximum atomic E-state index is 12.6. The first-order chi connectivity index (χ1) is 9.45. The summed E-state index contributed by atoms with van der Waals surface area (Å²) in [6.45, 7) is 5.28. The third-order valence-electron chi connectivity index (χ3n) is 3.79. The molecule has 2 heterocycles. The zero-order chi connectivity index (χ0) is 14.8. The van der Waals surface area contributed by atoms with Crippen LogP contribution in [0.1, 0.15) is 26.2 Å². The van der Waals surface area contributed by atoms with Gasteiger partial charge in [0.1, 0.15) is 4.21 Å². The van der Waals surface area contributed by atoms with Crippen molar-refractivity contribution in [2.45, 2.75) is 36.4 Å². The Morgan fingerprint density at radius 3 is 2.55 bits per heavy atom. The molecular weight excluding hydrogens is 360 g/mol. The van der Waals surface area contributed by atoms with E-state index in [-0.39, 0.29) is 6.04 Å². The molecule has 1 aromatic heterocycles. The van der Waals surface area contributed by atoms with Crippen molar-refractivity contribution in [3.8, 4) is 0 Å². The third kappa shape index (κ3) is 3.62. The standard InChI is InChI=1S/C13H21BrN2O2S2/c1-3-8-16-9-6-11(7-10-16)15(2)20(17,18)13-5-4-12(14)19-13/h4-5,11H,3,6-10H2,1-2H3. The molecule has 0 bridgehead atoms. The van der Waals surface area contributed by atoms with Crippen molar-refractivity contribution in [1.82, 2.24) is 9.21 Å². The molecule has 0 amide bonds. The lowest BCUT2D eigenvalue weighted by Gasteiger charge is -2.35. The maximum absolute atomic E-state index is 12.6. The van der Waals surface area contributed by atoms with Gasteiger partial charge in [-0.1, -0.05) is 6.92 Å². The Kier molecular flexibility index (Phi) is 5.64. The molecular formula is C13H21BrN2O2S2. The van der Waals surface area contributed by atoms with E-state index in [0.29, 0.717) is 4.21 Å². The molecule has 0 aliphatic carbocycles. The Morgan fingerprint density at radius 2 is 2.05 bits per heavy atom. The summed E-state index contributed by atoms with van der Waals surface area (Å²) in [6, 6.07) is 3.58. The monoisotopic (exact) mass is 380 g/mol. The van der Waals surface area contributed by atoms with Gasteiger partial charge in [-0.05, 0) is 67.0 Å². The molecule has 1 aliphatic rings. The van der Waals surface area contributed by atoms with Crippen LogP contribution in [0.25, 0.3) is 0 Å². The van der Waals surface area contributed by atoms with E-state index in [1.807, 2.05) is 0 Å². The molecule has 0 spiro atoms. The van der Waals surface area contributed by atoms with Crippen LogP contribution in [0.2, 0.25) is 0 Å². The molecule has 0 saturated carbocycles. The maximum Gasteiger partial charge on any atom is 0.252 e. The lowest BCUT2D eigenvalue weighted by Crippen LogP contribution is -2.45. The van der Waals surface area contributed by atoms with Crippen LogP contribution in [-0.2, 0) is 10.0 Å². The van der Waals surface area contributed by atoms with E-state index in [2.05, 4.69) is 27.8 Å². The van der Waals surface area contributed by atoms with Crippen molar-refractivity contribution >= 4 is 37.3 Å². The summed E-state index contributed by atoms with van der Waals surface area (Å²) < 4.78 is 27.9. The molecule has 1 saturated heterocycles. The Balaban J connectivity index is 2.03. The molecule has 7 heteroatoms. The summed E-state index contributed by atoms with van der Waals surface area (Å²) in [6.07, 6.45) is 2.99. The highest BCUT2D eigenvalue weighted by atomic mass is 79.9. The Hall–Kier alpha value is 0.0500. The fourth-order valence-electron chi connectivity index (χ4n) is 2.60. The van der Waals surface area contributed by atoms with Gasteiger partial charge < -0.3 is 4.90 Å². The largest absolute Gasteiger partial charge is 0.303 e. The number of piperidine rings is 1. The summed E-state index contributed by atoms with van der Waals surface area (Å²) in [7, 11) is -1.63. The van der Waals surface area contributed by atoms with Crippen LogP contribution in [0.15, 0.2) is 20.1 Å². The van der Waals surface area contributed by atoms with Crippen LogP contribution in [0.3, 0.4) is 0 Å². The van der Waals surface area contributed by atoms with E-state index < -0.39 is 10.0 Å². The van der Waals surface area contributed by atoms with Crippen molar-refractivity contribution in [2.75, 3.05) is 26.7 Å². The molecule has 20 heavy (non-hydrogen) atoms. The highest BCUT2D eigenvalue weighted by Crippen LogP contribution is 2.30. The molecule has 2 rings (SSSR count). The van der Waals surface area contributed by atoms with Gasteiger partial charge >= 0.3 is 0 Å². The molecule has 1 fully saturated rings. The second-order valence-electron chi connectivity index (χ2n) is 5.15. The molecule has 114 valence electrons. The molecule has 4 nitrogen and oxygen atoms in total. The Labute approximate surface area is 133 Å². The van der Waals surface area contributed by atoms with Gasteiger partial charge in [0, 0.05) is 13.1 Å². The van der Waals surface area contributed by atoms with E-state index in [0.717, 1.165) is 42.7 Å². The summed E-state index contributed by atoms with van der Waals surface area (Å²) in [5, 5.41) is 0. The van der Waals surface area contributed by atoms with Crippen molar-refractivity contribution in [3.63, 3.8) is 0 Å². The number of thiophene rings is 1. The normalized spacial score (nSPS) is 18.8. The van der Waals surface area contributed by atoms with E-state index >= 15 is 0 Å². The minimum Gasteiger partial charge on any atom is -0.303 e. The fourth-order valence-corrected chi connectivity index (χ4v) is 6.21. The number of nitrogens with zero attached hydrogens (tertiary/aromatic N) is 2. The molecule has 0 aromatic carbocycles. The quantitative estimate of drug-likeness (QED) is 0.787. The van der Waals surface area contributed by atoms with Crippen LogP contribution in [-0.4, -0.2) is 50.3 Å². The van der Waals surface area contributed by atoms with E-state index in [4.69, 9.17) is 0 Å². The predicted molar refractivity (Wildman–Crippen MR) is 86.7 cm³/mol. The average Bonchev–Trinajstić information content (AvgIpc) is 2.86. The molecule has 1 aromatic rings. The van der Waals surface area contributed by atoms with Crippen molar-refractivity contribution in [2.24, 2.45) is 0 Å². The second-order valence-corrected chi connectivity index (χ2v) is 9.84. The van der Waals surface area contributed by atoms with Crippen LogP contribution < -0.4 is 0 Å². The van der Waals surface area contributed by atoms with Crippen LogP contribution in [0.5, 0.6) is 0 Å². The van der Waals surface area contributed by atoms with E-state index in [1.54, 1.807) is 23.5 Å².